The van der Waals surface area contributed by atoms with Crippen molar-refractivity contribution in [1.82, 2.24) is 9.88 Å². The monoisotopic (exact) mass is 310 g/mol. The molecular formula is C20H26N2O. The van der Waals surface area contributed by atoms with Gasteiger partial charge in [-0.2, -0.15) is 0 Å². The van der Waals surface area contributed by atoms with E-state index in [1.807, 2.05) is 31.5 Å². The molecule has 1 aromatic carbocycles. The minimum Gasteiger partial charge on any atom is -0.494 e. The molecule has 1 aliphatic heterocycles. The molecule has 1 fully saturated rings. The summed E-state index contributed by atoms with van der Waals surface area (Å²) in [5.74, 6) is 0.919. The molecule has 0 bridgehead atoms. The van der Waals surface area contributed by atoms with Crippen LogP contribution < -0.4 is 4.74 Å². The largest absolute Gasteiger partial charge is 0.494 e. The maximum absolute atomic E-state index is 5.51. The van der Waals surface area contributed by atoms with Crippen LogP contribution in [-0.2, 0) is 6.54 Å². The Morgan fingerprint density at radius 1 is 1.13 bits per heavy atom. The van der Waals surface area contributed by atoms with Crippen molar-refractivity contribution in [2.75, 3.05) is 13.2 Å². The number of likely N-dealkylation sites (tertiary alicyclic amines) is 1. The van der Waals surface area contributed by atoms with E-state index < -0.39 is 0 Å². The first kappa shape index (κ1) is 16.0. The highest BCUT2D eigenvalue weighted by atomic mass is 16.5. The van der Waals surface area contributed by atoms with Gasteiger partial charge in [-0.15, -0.1) is 0 Å². The van der Waals surface area contributed by atoms with Gasteiger partial charge in [-0.1, -0.05) is 18.6 Å². The van der Waals surface area contributed by atoms with E-state index in [9.17, 15) is 0 Å². The van der Waals surface area contributed by atoms with Crippen molar-refractivity contribution in [3.8, 4) is 16.9 Å². The van der Waals surface area contributed by atoms with E-state index in [1.54, 1.807) is 0 Å². The Morgan fingerprint density at radius 2 is 1.96 bits per heavy atom. The summed E-state index contributed by atoms with van der Waals surface area (Å²) < 4.78 is 5.51. The van der Waals surface area contributed by atoms with Crippen molar-refractivity contribution < 1.29 is 4.74 Å². The van der Waals surface area contributed by atoms with Gasteiger partial charge in [0.25, 0.3) is 0 Å². The highest BCUT2D eigenvalue weighted by Crippen LogP contribution is 2.24. The summed E-state index contributed by atoms with van der Waals surface area (Å²) in [4.78, 5) is 7.02. The van der Waals surface area contributed by atoms with Gasteiger partial charge in [0.15, 0.2) is 0 Å². The zero-order valence-electron chi connectivity index (χ0n) is 14.2. The molecular weight excluding hydrogens is 284 g/mol. The van der Waals surface area contributed by atoms with Crippen molar-refractivity contribution >= 4 is 0 Å². The molecule has 1 saturated heterocycles. The van der Waals surface area contributed by atoms with E-state index in [2.05, 4.69) is 35.0 Å². The quantitative estimate of drug-likeness (QED) is 0.812. The van der Waals surface area contributed by atoms with Crippen LogP contribution in [0.4, 0.5) is 0 Å². The average Bonchev–Trinajstić information content (AvgIpc) is 2.58. The lowest BCUT2D eigenvalue weighted by Gasteiger charge is -2.33. The predicted molar refractivity (Wildman–Crippen MR) is 94.6 cm³/mol. The van der Waals surface area contributed by atoms with Gasteiger partial charge in [0, 0.05) is 30.5 Å². The molecule has 3 nitrogen and oxygen atoms in total. The molecule has 3 heteroatoms. The first-order valence-electron chi connectivity index (χ1n) is 8.67. The minimum atomic E-state index is 0.679. The minimum absolute atomic E-state index is 0.679. The molecule has 0 spiro atoms. The first-order valence-corrected chi connectivity index (χ1v) is 8.67. The Labute approximate surface area is 139 Å². The van der Waals surface area contributed by atoms with Crippen LogP contribution in [-0.4, -0.2) is 29.1 Å². The Balaban J connectivity index is 1.74. The molecule has 0 unspecified atom stereocenters. The second-order valence-electron chi connectivity index (χ2n) is 6.35. The molecule has 0 amide bonds. The van der Waals surface area contributed by atoms with Crippen LogP contribution in [0.25, 0.3) is 11.1 Å². The maximum Gasteiger partial charge on any atom is 0.119 e. The standard InChI is InChI=1S/C20H26N2O/c1-3-23-20-9-7-18(8-10-20)19-12-17(13-21-14-19)15-22-11-5-4-6-16(22)2/h7-10,12-14,16H,3-6,11,15H2,1-2H3/t16-/m0/s1. The van der Waals surface area contributed by atoms with Crippen LogP contribution in [0.3, 0.4) is 0 Å². The van der Waals surface area contributed by atoms with Gasteiger partial charge in [-0.05, 0) is 62.6 Å². The predicted octanol–water partition coefficient (Wildman–Crippen LogP) is 4.52. The van der Waals surface area contributed by atoms with Gasteiger partial charge < -0.3 is 4.74 Å². The van der Waals surface area contributed by atoms with Crippen molar-refractivity contribution in [2.24, 2.45) is 0 Å². The second kappa shape index (κ2) is 7.60. The normalized spacial score (nSPS) is 18.8. The zero-order valence-corrected chi connectivity index (χ0v) is 14.2. The SMILES string of the molecule is CCOc1ccc(-c2cncc(CN3CCCC[C@@H]3C)c2)cc1. The number of benzene rings is 1. The Bertz CT molecular complexity index is 624. The summed E-state index contributed by atoms with van der Waals surface area (Å²) in [6.45, 7) is 7.24. The van der Waals surface area contributed by atoms with Gasteiger partial charge in [0.2, 0.25) is 0 Å². The maximum atomic E-state index is 5.51. The van der Waals surface area contributed by atoms with Crippen LogP contribution in [0.1, 0.15) is 38.7 Å². The van der Waals surface area contributed by atoms with Gasteiger partial charge in [-0.3, -0.25) is 9.88 Å². The van der Waals surface area contributed by atoms with Crippen molar-refractivity contribution in [3.63, 3.8) is 0 Å². The number of pyridine rings is 1. The Hall–Kier alpha value is -1.87. The fraction of sp³-hybridized carbons (Fsp3) is 0.450. The fourth-order valence-corrected chi connectivity index (χ4v) is 3.27. The number of aromatic nitrogens is 1. The Kier molecular flexibility index (Phi) is 5.29. The lowest BCUT2D eigenvalue weighted by atomic mass is 10.0. The Morgan fingerprint density at radius 3 is 2.70 bits per heavy atom. The molecule has 23 heavy (non-hydrogen) atoms. The van der Waals surface area contributed by atoms with Crippen molar-refractivity contribution in [3.05, 3.63) is 48.3 Å². The molecule has 1 aliphatic rings. The molecule has 2 heterocycles. The molecule has 0 saturated carbocycles. The number of hydrogen-bond donors (Lipinski definition) is 0. The van der Waals surface area contributed by atoms with Crippen molar-refractivity contribution in [2.45, 2.75) is 45.7 Å². The average molecular weight is 310 g/mol. The number of nitrogens with zero attached hydrogens (tertiary/aromatic N) is 2. The lowest BCUT2D eigenvalue weighted by molar-refractivity contribution is 0.152. The van der Waals surface area contributed by atoms with Crippen LogP contribution in [0.5, 0.6) is 5.75 Å². The van der Waals surface area contributed by atoms with E-state index in [-0.39, 0.29) is 0 Å². The van der Waals surface area contributed by atoms with E-state index in [1.165, 1.54) is 42.5 Å². The fourth-order valence-electron chi connectivity index (χ4n) is 3.27. The van der Waals surface area contributed by atoms with Gasteiger partial charge in [0.05, 0.1) is 6.61 Å². The third kappa shape index (κ3) is 4.11. The topological polar surface area (TPSA) is 25.4 Å². The highest BCUT2D eigenvalue weighted by Gasteiger charge is 2.18. The number of rotatable bonds is 5. The summed E-state index contributed by atoms with van der Waals surface area (Å²) >= 11 is 0. The molecule has 0 radical (unpaired) electrons. The smallest absolute Gasteiger partial charge is 0.119 e. The molecule has 122 valence electrons. The van der Waals surface area contributed by atoms with E-state index in [4.69, 9.17) is 4.74 Å². The van der Waals surface area contributed by atoms with Crippen LogP contribution in [0.15, 0.2) is 42.7 Å². The van der Waals surface area contributed by atoms with Crippen LogP contribution in [0.2, 0.25) is 0 Å². The van der Waals surface area contributed by atoms with Crippen LogP contribution >= 0.6 is 0 Å². The summed E-state index contributed by atoms with van der Waals surface area (Å²) in [6, 6.07) is 11.2. The third-order valence-electron chi connectivity index (χ3n) is 4.62. The summed E-state index contributed by atoms with van der Waals surface area (Å²) in [6.07, 6.45) is 7.93. The number of ether oxygens (including phenoxy) is 1. The van der Waals surface area contributed by atoms with Crippen molar-refractivity contribution in [1.29, 1.82) is 0 Å². The van der Waals surface area contributed by atoms with Gasteiger partial charge in [-0.25, -0.2) is 0 Å². The summed E-state index contributed by atoms with van der Waals surface area (Å²) in [5.41, 5.74) is 3.66. The molecule has 1 aromatic heterocycles. The summed E-state index contributed by atoms with van der Waals surface area (Å²) in [7, 11) is 0. The van der Waals surface area contributed by atoms with Gasteiger partial charge in [0.1, 0.15) is 5.75 Å². The molecule has 2 aromatic rings. The number of piperidine rings is 1. The van der Waals surface area contributed by atoms with Gasteiger partial charge >= 0.3 is 0 Å². The zero-order chi connectivity index (χ0) is 16.1. The van der Waals surface area contributed by atoms with E-state index in [0.29, 0.717) is 12.6 Å². The first-order chi connectivity index (χ1) is 11.3. The lowest BCUT2D eigenvalue weighted by Crippen LogP contribution is -2.36. The van der Waals surface area contributed by atoms with E-state index >= 15 is 0 Å². The second-order valence-corrected chi connectivity index (χ2v) is 6.35. The highest BCUT2D eigenvalue weighted by molar-refractivity contribution is 5.63. The number of hydrogen-bond acceptors (Lipinski definition) is 3. The molecule has 0 aliphatic carbocycles. The van der Waals surface area contributed by atoms with E-state index in [0.717, 1.165) is 12.3 Å². The summed E-state index contributed by atoms with van der Waals surface area (Å²) in [5, 5.41) is 0. The molecule has 0 N–H and O–H groups in total. The molecule has 1 atom stereocenters. The third-order valence-corrected chi connectivity index (χ3v) is 4.62. The van der Waals surface area contributed by atoms with Crippen LogP contribution in [0, 0.1) is 0 Å². The molecule has 3 rings (SSSR count).